The fraction of sp³-hybridized carbons (Fsp3) is 0.364. The second-order valence-corrected chi connectivity index (χ2v) is 6.81. The highest BCUT2D eigenvalue weighted by Gasteiger charge is 2.12. The molecule has 7 nitrogen and oxygen atoms in total. The minimum Gasteiger partial charge on any atom is -0.459 e. The van der Waals surface area contributed by atoms with Crippen LogP contribution in [-0.2, 0) is 6.54 Å². The van der Waals surface area contributed by atoms with E-state index >= 15 is 0 Å². The lowest BCUT2D eigenvalue weighted by Crippen LogP contribution is -2.38. The molecule has 1 aromatic carbocycles. The summed E-state index contributed by atoms with van der Waals surface area (Å²) in [4.78, 5) is 16.6. The third-order valence-corrected chi connectivity index (χ3v) is 4.67. The third kappa shape index (κ3) is 6.01. The lowest BCUT2D eigenvalue weighted by Gasteiger charge is -2.11. The first-order valence-corrected chi connectivity index (χ1v) is 9.91. The molecule has 1 amide bonds. The Kier molecular flexibility index (Phi) is 9.22. The van der Waals surface area contributed by atoms with Crippen LogP contribution in [0.5, 0.6) is 0 Å². The molecule has 0 aliphatic heterocycles. The SMILES string of the molecule is CCNC(=NCc1oc2ccccc2c1C)NCCCNC(=O)c1occc1C.I. The molecular formula is C22H29IN4O3. The van der Waals surface area contributed by atoms with E-state index in [1.54, 1.807) is 6.07 Å². The molecule has 0 saturated heterocycles. The predicted octanol–water partition coefficient (Wildman–Crippen LogP) is 4.14. The lowest BCUT2D eigenvalue weighted by atomic mass is 10.1. The Hall–Kier alpha value is -2.49. The van der Waals surface area contributed by atoms with Gasteiger partial charge in [0.05, 0.1) is 6.26 Å². The first-order chi connectivity index (χ1) is 14.1. The van der Waals surface area contributed by atoms with Crippen LogP contribution in [0.2, 0.25) is 0 Å². The fourth-order valence-electron chi connectivity index (χ4n) is 3.05. The van der Waals surface area contributed by atoms with Crippen molar-refractivity contribution in [3.05, 3.63) is 59.2 Å². The van der Waals surface area contributed by atoms with Gasteiger partial charge in [-0.3, -0.25) is 4.79 Å². The van der Waals surface area contributed by atoms with Crippen LogP contribution in [0.25, 0.3) is 11.0 Å². The van der Waals surface area contributed by atoms with Crippen molar-refractivity contribution in [1.29, 1.82) is 0 Å². The second kappa shape index (κ2) is 11.6. The zero-order valence-electron chi connectivity index (χ0n) is 17.6. The van der Waals surface area contributed by atoms with Crippen LogP contribution in [0, 0.1) is 13.8 Å². The molecule has 2 heterocycles. The number of guanidine groups is 1. The molecule has 162 valence electrons. The molecule has 3 aromatic rings. The largest absolute Gasteiger partial charge is 0.459 e. The minimum absolute atomic E-state index is 0. The molecule has 3 N–H and O–H groups in total. The first kappa shape index (κ1) is 23.8. The standard InChI is InChI=1S/C22H28N4O3.HI/c1-4-23-22(25-12-7-11-24-21(27)20-15(2)10-13-28-20)26-14-19-16(3)17-8-5-6-9-18(17)29-19;/h5-6,8-10,13H,4,7,11-12,14H2,1-3H3,(H,24,27)(H2,23,25,26);1H. The molecular weight excluding hydrogens is 495 g/mol. The number of rotatable bonds is 8. The number of halogens is 1. The molecule has 0 radical (unpaired) electrons. The number of aliphatic imine (C=N–C) groups is 1. The number of hydrogen-bond donors (Lipinski definition) is 3. The van der Waals surface area contributed by atoms with Crippen molar-refractivity contribution >= 4 is 46.8 Å². The summed E-state index contributed by atoms with van der Waals surface area (Å²) >= 11 is 0. The molecule has 0 atom stereocenters. The molecule has 8 heteroatoms. The van der Waals surface area contributed by atoms with Crippen molar-refractivity contribution in [2.75, 3.05) is 19.6 Å². The molecule has 0 aliphatic rings. The number of fused-ring (bicyclic) bond motifs is 1. The van der Waals surface area contributed by atoms with E-state index in [0.29, 0.717) is 25.4 Å². The maximum absolute atomic E-state index is 12.0. The van der Waals surface area contributed by atoms with Crippen LogP contribution in [-0.4, -0.2) is 31.5 Å². The Labute approximate surface area is 193 Å². The quantitative estimate of drug-likeness (QED) is 0.178. The molecule has 0 spiro atoms. The summed E-state index contributed by atoms with van der Waals surface area (Å²) in [5, 5.41) is 10.5. The number of carbonyl (C=O) groups excluding carboxylic acids is 1. The number of amides is 1. The van der Waals surface area contributed by atoms with Crippen molar-refractivity contribution in [2.24, 2.45) is 4.99 Å². The highest BCUT2D eigenvalue weighted by atomic mass is 127. The minimum atomic E-state index is -0.187. The smallest absolute Gasteiger partial charge is 0.287 e. The first-order valence-electron chi connectivity index (χ1n) is 9.91. The van der Waals surface area contributed by atoms with Gasteiger partial charge in [0.25, 0.3) is 5.91 Å². The Balaban J connectivity index is 0.00000320. The maximum Gasteiger partial charge on any atom is 0.287 e. The molecule has 0 saturated carbocycles. The summed E-state index contributed by atoms with van der Waals surface area (Å²) in [6.07, 6.45) is 2.29. The Morgan fingerprint density at radius 3 is 2.53 bits per heavy atom. The van der Waals surface area contributed by atoms with E-state index in [1.165, 1.54) is 6.26 Å². The van der Waals surface area contributed by atoms with Gasteiger partial charge in [0.1, 0.15) is 17.9 Å². The molecule has 0 aliphatic carbocycles. The van der Waals surface area contributed by atoms with Gasteiger partial charge in [0.15, 0.2) is 11.7 Å². The van der Waals surface area contributed by atoms with E-state index in [9.17, 15) is 4.79 Å². The highest BCUT2D eigenvalue weighted by molar-refractivity contribution is 14.0. The van der Waals surface area contributed by atoms with Crippen LogP contribution in [0.4, 0.5) is 0 Å². The summed E-state index contributed by atoms with van der Waals surface area (Å²) in [6.45, 7) is 8.39. The molecule has 0 bridgehead atoms. The third-order valence-electron chi connectivity index (χ3n) is 4.67. The number of carbonyl (C=O) groups is 1. The topological polar surface area (TPSA) is 91.8 Å². The molecule has 0 unspecified atom stereocenters. The van der Waals surface area contributed by atoms with Crippen LogP contribution < -0.4 is 16.0 Å². The van der Waals surface area contributed by atoms with Crippen molar-refractivity contribution in [1.82, 2.24) is 16.0 Å². The normalized spacial score (nSPS) is 11.2. The van der Waals surface area contributed by atoms with Crippen LogP contribution in [0.1, 0.15) is 40.8 Å². The van der Waals surface area contributed by atoms with Gasteiger partial charge >= 0.3 is 0 Å². The van der Waals surface area contributed by atoms with Crippen molar-refractivity contribution < 1.29 is 13.6 Å². The van der Waals surface area contributed by atoms with Crippen molar-refractivity contribution in [2.45, 2.75) is 33.7 Å². The average Bonchev–Trinajstić information content (AvgIpc) is 3.29. The van der Waals surface area contributed by atoms with Gasteiger partial charge < -0.3 is 24.8 Å². The number of nitrogens with zero attached hydrogens (tertiary/aromatic N) is 1. The van der Waals surface area contributed by atoms with Crippen LogP contribution >= 0.6 is 24.0 Å². The van der Waals surface area contributed by atoms with E-state index in [0.717, 1.165) is 46.8 Å². The number of hydrogen-bond acceptors (Lipinski definition) is 4. The van der Waals surface area contributed by atoms with E-state index in [1.807, 2.05) is 32.0 Å². The number of benzene rings is 1. The summed E-state index contributed by atoms with van der Waals surface area (Å²) in [7, 11) is 0. The number of aryl methyl sites for hydroxylation is 2. The van der Waals surface area contributed by atoms with E-state index in [2.05, 4.69) is 33.9 Å². The summed E-state index contributed by atoms with van der Waals surface area (Å²) in [5.74, 6) is 1.77. The molecule has 3 rings (SSSR count). The van der Waals surface area contributed by atoms with Gasteiger partial charge in [-0.05, 0) is 39.3 Å². The maximum atomic E-state index is 12.0. The van der Waals surface area contributed by atoms with Gasteiger partial charge in [-0.1, -0.05) is 18.2 Å². The zero-order valence-corrected chi connectivity index (χ0v) is 19.9. The monoisotopic (exact) mass is 524 g/mol. The van der Waals surface area contributed by atoms with Crippen molar-refractivity contribution in [3.63, 3.8) is 0 Å². The lowest BCUT2D eigenvalue weighted by molar-refractivity contribution is 0.0925. The van der Waals surface area contributed by atoms with Gasteiger partial charge in [-0.15, -0.1) is 24.0 Å². The average molecular weight is 524 g/mol. The van der Waals surface area contributed by atoms with Crippen LogP contribution in [0.15, 0.2) is 50.4 Å². The molecule has 2 aromatic heterocycles. The molecule has 30 heavy (non-hydrogen) atoms. The van der Waals surface area contributed by atoms with E-state index in [-0.39, 0.29) is 29.9 Å². The molecule has 0 fully saturated rings. The number of nitrogens with one attached hydrogen (secondary N) is 3. The Morgan fingerprint density at radius 1 is 1.07 bits per heavy atom. The van der Waals surface area contributed by atoms with Gasteiger partial charge in [0, 0.05) is 36.1 Å². The fourth-order valence-corrected chi connectivity index (χ4v) is 3.05. The highest BCUT2D eigenvalue weighted by Crippen LogP contribution is 2.25. The predicted molar refractivity (Wildman–Crippen MR) is 130 cm³/mol. The van der Waals surface area contributed by atoms with E-state index < -0.39 is 0 Å². The summed E-state index contributed by atoms with van der Waals surface area (Å²) in [5.41, 5.74) is 2.84. The summed E-state index contributed by atoms with van der Waals surface area (Å²) in [6, 6.07) is 9.78. The zero-order chi connectivity index (χ0) is 20.6. The van der Waals surface area contributed by atoms with Gasteiger partial charge in [-0.25, -0.2) is 4.99 Å². The second-order valence-electron chi connectivity index (χ2n) is 6.81. The Bertz CT molecular complexity index is 993. The number of para-hydroxylation sites is 1. The summed E-state index contributed by atoms with van der Waals surface area (Å²) < 4.78 is 11.1. The van der Waals surface area contributed by atoms with Gasteiger partial charge in [0.2, 0.25) is 0 Å². The van der Waals surface area contributed by atoms with Gasteiger partial charge in [-0.2, -0.15) is 0 Å². The van der Waals surface area contributed by atoms with Crippen LogP contribution in [0.3, 0.4) is 0 Å². The van der Waals surface area contributed by atoms with E-state index in [4.69, 9.17) is 8.83 Å². The van der Waals surface area contributed by atoms with Crippen molar-refractivity contribution in [3.8, 4) is 0 Å². The number of furan rings is 2. The Morgan fingerprint density at radius 2 is 1.83 bits per heavy atom.